The second kappa shape index (κ2) is 6.75. The van der Waals surface area contributed by atoms with E-state index in [9.17, 15) is 13.7 Å². The lowest BCUT2D eigenvalue weighted by Gasteiger charge is -2.23. The Morgan fingerprint density at radius 2 is 1.88 bits per heavy atom. The number of hydrogen-bond donors (Lipinski definition) is 0. The van der Waals surface area contributed by atoms with Crippen LogP contribution in [-0.4, -0.2) is 14.5 Å². The summed E-state index contributed by atoms with van der Waals surface area (Å²) in [6.07, 6.45) is 2.83. The first-order chi connectivity index (χ1) is 11.9. The Kier molecular flexibility index (Phi) is 4.67. The molecule has 0 spiro atoms. The van der Waals surface area contributed by atoms with E-state index >= 15 is 0 Å². The van der Waals surface area contributed by atoms with Crippen LogP contribution in [0.2, 0.25) is 5.02 Å². The highest BCUT2D eigenvalue weighted by atomic mass is 35.5. The van der Waals surface area contributed by atoms with Crippen molar-refractivity contribution in [1.29, 1.82) is 5.26 Å². The zero-order chi connectivity index (χ0) is 18.0. The molecule has 2 aromatic carbocycles. The first-order valence-corrected chi connectivity index (χ1v) is 9.37. The summed E-state index contributed by atoms with van der Waals surface area (Å²) >= 11 is 5.80. The van der Waals surface area contributed by atoms with Gasteiger partial charge in [0.05, 0.1) is 4.90 Å². The molecule has 1 atom stereocenters. The number of halogens is 1. The van der Waals surface area contributed by atoms with Gasteiger partial charge < -0.3 is 4.74 Å². The number of hydrogen-bond acceptors (Lipinski definition) is 4. The molecule has 0 aromatic heterocycles. The van der Waals surface area contributed by atoms with Crippen LogP contribution in [0.25, 0.3) is 6.08 Å². The van der Waals surface area contributed by atoms with Crippen molar-refractivity contribution in [2.75, 3.05) is 0 Å². The summed E-state index contributed by atoms with van der Waals surface area (Å²) in [5, 5.41) is 9.82. The van der Waals surface area contributed by atoms with Gasteiger partial charge in [0.2, 0.25) is 9.84 Å². The van der Waals surface area contributed by atoms with E-state index in [4.69, 9.17) is 16.3 Å². The standard InChI is InChI=1S/C19H14ClNO3S/c1-13-15(10-14-4-2-3-5-19(14)24-13)11-18(12-21)25(22,23)17-8-6-16(20)7-9-17/h2-11,13H,1H3. The summed E-state index contributed by atoms with van der Waals surface area (Å²) in [4.78, 5) is -0.314. The molecule has 0 aliphatic carbocycles. The van der Waals surface area contributed by atoms with Crippen LogP contribution in [0.4, 0.5) is 0 Å². The van der Waals surface area contributed by atoms with Gasteiger partial charge in [-0.05, 0) is 55.0 Å². The molecular formula is C19H14ClNO3S. The van der Waals surface area contributed by atoms with E-state index in [-0.39, 0.29) is 15.9 Å². The smallest absolute Gasteiger partial charge is 0.216 e. The number of ether oxygens (including phenoxy) is 1. The van der Waals surface area contributed by atoms with E-state index in [0.717, 1.165) is 11.3 Å². The minimum Gasteiger partial charge on any atom is -0.485 e. The van der Waals surface area contributed by atoms with Crippen molar-refractivity contribution < 1.29 is 13.2 Å². The van der Waals surface area contributed by atoms with Gasteiger partial charge >= 0.3 is 0 Å². The third kappa shape index (κ3) is 3.46. The fraction of sp³-hybridized carbons (Fsp3) is 0.105. The first-order valence-electron chi connectivity index (χ1n) is 7.51. The second-order valence-corrected chi connectivity index (χ2v) is 7.87. The predicted molar refractivity (Wildman–Crippen MR) is 96.8 cm³/mol. The molecule has 126 valence electrons. The maximum atomic E-state index is 12.7. The SMILES string of the molecule is CC1Oc2ccccc2C=C1C=C(C#N)S(=O)(=O)c1ccc(Cl)cc1. The number of fused-ring (bicyclic) bond motifs is 1. The molecule has 0 fully saturated rings. The van der Waals surface area contributed by atoms with Crippen molar-refractivity contribution in [1.82, 2.24) is 0 Å². The summed E-state index contributed by atoms with van der Waals surface area (Å²) < 4.78 is 31.2. The number of para-hydroxylation sites is 1. The van der Waals surface area contributed by atoms with Gasteiger partial charge in [0.15, 0.2) is 0 Å². The maximum absolute atomic E-state index is 12.7. The maximum Gasteiger partial charge on any atom is 0.216 e. The number of nitriles is 1. The van der Waals surface area contributed by atoms with Crippen LogP contribution >= 0.6 is 11.6 Å². The van der Waals surface area contributed by atoms with Crippen molar-refractivity contribution in [3.05, 3.63) is 75.7 Å². The number of benzene rings is 2. The third-order valence-electron chi connectivity index (χ3n) is 3.84. The zero-order valence-corrected chi connectivity index (χ0v) is 14.9. The summed E-state index contributed by atoms with van der Waals surface area (Å²) in [6, 6.07) is 15.0. The monoisotopic (exact) mass is 371 g/mol. The van der Waals surface area contributed by atoms with E-state index in [0.29, 0.717) is 10.6 Å². The van der Waals surface area contributed by atoms with E-state index in [1.807, 2.05) is 37.3 Å². The molecule has 1 heterocycles. The van der Waals surface area contributed by atoms with E-state index in [1.54, 1.807) is 6.07 Å². The van der Waals surface area contributed by atoms with Gasteiger partial charge in [0, 0.05) is 10.6 Å². The molecule has 0 N–H and O–H groups in total. The van der Waals surface area contributed by atoms with Crippen molar-refractivity contribution in [3.8, 4) is 11.8 Å². The van der Waals surface area contributed by atoms with Crippen LogP contribution in [-0.2, 0) is 9.84 Å². The van der Waals surface area contributed by atoms with Crippen molar-refractivity contribution in [2.24, 2.45) is 0 Å². The van der Waals surface area contributed by atoms with Gasteiger partial charge in [-0.2, -0.15) is 5.26 Å². The summed E-state index contributed by atoms with van der Waals surface area (Å²) in [7, 11) is -3.92. The van der Waals surface area contributed by atoms with Crippen LogP contribution in [0.3, 0.4) is 0 Å². The summed E-state index contributed by atoms with van der Waals surface area (Å²) in [5.74, 6) is 0.728. The lowest BCUT2D eigenvalue weighted by atomic mass is 10.0. The van der Waals surface area contributed by atoms with E-state index in [1.165, 1.54) is 30.3 Å². The van der Waals surface area contributed by atoms with Gasteiger partial charge in [-0.15, -0.1) is 0 Å². The van der Waals surface area contributed by atoms with Gasteiger partial charge in [-0.25, -0.2) is 8.42 Å². The molecule has 25 heavy (non-hydrogen) atoms. The van der Waals surface area contributed by atoms with Crippen LogP contribution < -0.4 is 4.74 Å². The molecular weight excluding hydrogens is 358 g/mol. The van der Waals surface area contributed by atoms with E-state index < -0.39 is 9.84 Å². The lowest BCUT2D eigenvalue weighted by Crippen LogP contribution is -2.18. The minimum atomic E-state index is -3.92. The number of allylic oxidation sites excluding steroid dienone is 1. The van der Waals surface area contributed by atoms with Gasteiger partial charge in [-0.1, -0.05) is 29.8 Å². The van der Waals surface area contributed by atoms with Crippen LogP contribution in [0, 0.1) is 11.3 Å². The van der Waals surface area contributed by atoms with Gasteiger partial charge in [-0.3, -0.25) is 0 Å². The quantitative estimate of drug-likeness (QED) is 0.750. The average Bonchev–Trinajstić information content (AvgIpc) is 2.60. The molecule has 1 aliphatic rings. The lowest BCUT2D eigenvalue weighted by molar-refractivity contribution is 0.257. The fourth-order valence-electron chi connectivity index (χ4n) is 2.48. The highest BCUT2D eigenvalue weighted by Crippen LogP contribution is 2.31. The highest BCUT2D eigenvalue weighted by molar-refractivity contribution is 7.95. The molecule has 1 aliphatic heterocycles. The molecule has 0 saturated heterocycles. The van der Waals surface area contributed by atoms with Crippen molar-refractivity contribution in [2.45, 2.75) is 17.9 Å². The number of rotatable bonds is 3. The molecule has 4 nitrogen and oxygen atoms in total. The van der Waals surface area contributed by atoms with Crippen molar-refractivity contribution in [3.63, 3.8) is 0 Å². The van der Waals surface area contributed by atoms with Gasteiger partial charge in [0.25, 0.3) is 0 Å². The average molecular weight is 372 g/mol. The topological polar surface area (TPSA) is 67.2 Å². The Morgan fingerprint density at radius 1 is 1.20 bits per heavy atom. The van der Waals surface area contributed by atoms with Gasteiger partial charge in [0.1, 0.15) is 22.8 Å². The minimum absolute atomic E-state index is 0.0232. The van der Waals surface area contributed by atoms with Crippen LogP contribution in [0.15, 0.2) is 70.0 Å². The van der Waals surface area contributed by atoms with Crippen molar-refractivity contribution >= 4 is 27.5 Å². The fourth-order valence-corrected chi connectivity index (χ4v) is 3.77. The molecule has 0 radical (unpaired) electrons. The predicted octanol–water partition coefficient (Wildman–Crippen LogP) is 4.39. The van der Waals surface area contributed by atoms with Crippen LogP contribution in [0.1, 0.15) is 12.5 Å². The Bertz CT molecular complexity index is 1020. The molecule has 3 rings (SSSR count). The summed E-state index contributed by atoms with van der Waals surface area (Å²) in [6.45, 7) is 1.81. The largest absolute Gasteiger partial charge is 0.485 e. The molecule has 1 unspecified atom stereocenters. The van der Waals surface area contributed by atoms with Crippen LogP contribution in [0.5, 0.6) is 5.75 Å². The van der Waals surface area contributed by atoms with E-state index in [2.05, 4.69) is 0 Å². The first kappa shape index (κ1) is 17.3. The third-order valence-corrected chi connectivity index (χ3v) is 5.77. The molecule has 6 heteroatoms. The Hall–Kier alpha value is -2.55. The molecule has 0 saturated carbocycles. The Balaban J connectivity index is 2.05. The number of sulfone groups is 1. The number of nitrogens with zero attached hydrogens (tertiary/aromatic N) is 1. The molecule has 0 bridgehead atoms. The summed E-state index contributed by atoms with van der Waals surface area (Å²) in [5.41, 5.74) is 1.46. The Morgan fingerprint density at radius 3 is 2.56 bits per heavy atom. The highest BCUT2D eigenvalue weighted by Gasteiger charge is 2.24. The normalized spacial score (nSPS) is 17.1. The molecule has 2 aromatic rings. The second-order valence-electron chi connectivity index (χ2n) is 5.52. The zero-order valence-electron chi connectivity index (χ0n) is 13.3. The molecule has 0 amide bonds. The Labute approximate surface area is 151 Å².